The smallest absolute Gasteiger partial charge is 0.133 e. The highest BCUT2D eigenvalue weighted by atomic mass is 16.1. The summed E-state index contributed by atoms with van der Waals surface area (Å²) < 4.78 is 0. The monoisotopic (exact) mass is 202 g/mol. The zero-order chi connectivity index (χ0) is 10.8. The molecule has 1 saturated carbocycles. The highest BCUT2D eigenvalue weighted by molar-refractivity contribution is 5.80. The van der Waals surface area contributed by atoms with Crippen LogP contribution in [0, 0.1) is 12.8 Å². The minimum atomic E-state index is 0.430. The van der Waals surface area contributed by atoms with E-state index in [0.29, 0.717) is 17.6 Å². The molecule has 0 heterocycles. The third kappa shape index (κ3) is 2.28. The van der Waals surface area contributed by atoms with E-state index in [1.54, 1.807) is 0 Å². The van der Waals surface area contributed by atoms with Crippen LogP contribution in [0.25, 0.3) is 0 Å². The predicted molar refractivity (Wildman–Crippen MR) is 61.9 cm³/mol. The van der Waals surface area contributed by atoms with Gasteiger partial charge in [-0.15, -0.1) is 0 Å². The van der Waals surface area contributed by atoms with Gasteiger partial charge in [-0.25, -0.2) is 0 Å². The lowest BCUT2D eigenvalue weighted by Gasteiger charge is -2.28. The van der Waals surface area contributed by atoms with Gasteiger partial charge in [-0.2, -0.15) is 0 Å². The summed E-state index contributed by atoms with van der Waals surface area (Å²) in [6.45, 7) is 4.37. The molecule has 0 saturated heterocycles. The molecule has 1 aliphatic rings. The van der Waals surface area contributed by atoms with Gasteiger partial charge in [0.25, 0.3) is 0 Å². The summed E-state index contributed by atoms with van der Waals surface area (Å²) >= 11 is 0. The lowest BCUT2D eigenvalue weighted by atomic mass is 9.76. The molecule has 1 aromatic carbocycles. The van der Waals surface area contributed by atoms with E-state index in [-0.39, 0.29) is 0 Å². The molecule has 2 unspecified atom stereocenters. The number of benzene rings is 1. The summed E-state index contributed by atoms with van der Waals surface area (Å²) in [5.74, 6) is 1.52. The molecule has 1 fully saturated rings. The Hall–Kier alpha value is -1.11. The Labute approximate surface area is 91.5 Å². The largest absolute Gasteiger partial charge is 0.300 e. The highest BCUT2D eigenvalue weighted by Gasteiger charge is 2.27. The first-order chi connectivity index (χ1) is 7.16. The second-order valence-corrected chi connectivity index (χ2v) is 4.78. The van der Waals surface area contributed by atoms with Crippen LogP contribution in [0.15, 0.2) is 24.3 Å². The Morgan fingerprint density at radius 1 is 1.33 bits per heavy atom. The summed E-state index contributed by atoms with van der Waals surface area (Å²) in [5, 5.41) is 0. The van der Waals surface area contributed by atoms with Crippen LogP contribution >= 0.6 is 0 Å². The Kier molecular flexibility index (Phi) is 2.90. The average molecular weight is 202 g/mol. The molecule has 1 nitrogen and oxygen atoms in total. The van der Waals surface area contributed by atoms with Gasteiger partial charge in [-0.3, -0.25) is 4.79 Å². The third-order valence-electron chi connectivity index (χ3n) is 3.48. The summed E-state index contributed by atoms with van der Waals surface area (Å²) in [6, 6.07) is 8.59. The third-order valence-corrected chi connectivity index (χ3v) is 3.48. The number of carbonyl (C=O) groups is 1. The number of carbonyl (C=O) groups excluding carboxylic acids is 1. The van der Waals surface area contributed by atoms with Crippen molar-refractivity contribution in [2.75, 3.05) is 0 Å². The Morgan fingerprint density at radius 2 is 2.13 bits per heavy atom. The Balaban J connectivity index is 2.24. The van der Waals surface area contributed by atoms with Crippen LogP contribution in [0.2, 0.25) is 0 Å². The second-order valence-electron chi connectivity index (χ2n) is 4.78. The SMILES string of the molecule is Cc1cccc(C2CC(=O)CCC2C)c1. The van der Waals surface area contributed by atoms with Gasteiger partial charge in [0.05, 0.1) is 0 Å². The number of Topliss-reactive ketones (excluding diaryl/α,β-unsaturated/α-hetero) is 1. The van der Waals surface area contributed by atoms with E-state index >= 15 is 0 Å². The molecule has 2 atom stereocenters. The Morgan fingerprint density at radius 3 is 2.87 bits per heavy atom. The van der Waals surface area contributed by atoms with Crippen molar-refractivity contribution in [1.29, 1.82) is 0 Å². The summed E-state index contributed by atoms with van der Waals surface area (Å²) in [4.78, 5) is 11.5. The van der Waals surface area contributed by atoms with Crippen molar-refractivity contribution in [1.82, 2.24) is 0 Å². The number of ketones is 1. The fourth-order valence-electron chi connectivity index (χ4n) is 2.49. The van der Waals surface area contributed by atoms with Crippen LogP contribution in [-0.4, -0.2) is 5.78 Å². The van der Waals surface area contributed by atoms with E-state index in [1.807, 2.05) is 0 Å². The molecule has 15 heavy (non-hydrogen) atoms. The first kappa shape index (κ1) is 10.4. The van der Waals surface area contributed by atoms with Gasteiger partial charge >= 0.3 is 0 Å². The maximum absolute atomic E-state index is 11.5. The van der Waals surface area contributed by atoms with Crippen LogP contribution in [-0.2, 0) is 4.79 Å². The average Bonchev–Trinajstić information content (AvgIpc) is 2.22. The maximum atomic E-state index is 11.5. The molecule has 1 aliphatic carbocycles. The van der Waals surface area contributed by atoms with Crippen molar-refractivity contribution in [3.8, 4) is 0 Å². The number of aryl methyl sites for hydroxylation is 1. The van der Waals surface area contributed by atoms with E-state index in [1.165, 1.54) is 11.1 Å². The second kappa shape index (κ2) is 4.18. The van der Waals surface area contributed by atoms with Crippen molar-refractivity contribution >= 4 is 5.78 Å². The van der Waals surface area contributed by atoms with Crippen LogP contribution < -0.4 is 0 Å². The molecule has 0 N–H and O–H groups in total. The van der Waals surface area contributed by atoms with Gasteiger partial charge in [-0.1, -0.05) is 36.8 Å². The lowest BCUT2D eigenvalue weighted by Crippen LogP contribution is -2.21. The van der Waals surface area contributed by atoms with Crippen LogP contribution in [0.5, 0.6) is 0 Å². The molecule has 0 bridgehead atoms. The van der Waals surface area contributed by atoms with E-state index in [9.17, 15) is 4.79 Å². The first-order valence-corrected chi connectivity index (χ1v) is 5.75. The first-order valence-electron chi connectivity index (χ1n) is 5.75. The molecule has 1 heteroatoms. The topological polar surface area (TPSA) is 17.1 Å². The van der Waals surface area contributed by atoms with Crippen LogP contribution in [0.1, 0.15) is 43.2 Å². The van der Waals surface area contributed by atoms with Crippen molar-refractivity contribution in [3.63, 3.8) is 0 Å². The fraction of sp³-hybridized carbons (Fsp3) is 0.500. The lowest BCUT2D eigenvalue weighted by molar-refractivity contribution is -0.121. The number of rotatable bonds is 1. The van der Waals surface area contributed by atoms with Crippen molar-refractivity contribution in [2.24, 2.45) is 5.92 Å². The summed E-state index contributed by atoms with van der Waals surface area (Å²) in [5.41, 5.74) is 2.63. The highest BCUT2D eigenvalue weighted by Crippen LogP contribution is 2.35. The normalized spacial score (nSPS) is 26.7. The van der Waals surface area contributed by atoms with Gasteiger partial charge in [0.2, 0.25) is 0 Å². The molecule has 1 aromatic rings. The van der Waals surface area contributed by atoms with Crippen LogP contribution in [0.3, 0.4) is 0 Å². The molecule has 0 amide bonds. The van der Waals surface area contributed by atoms with Crippen LogP contribution in [0.4, 0.5) is 0 Å². The van der Waals surface area contributed by atoms with Crippen molar-refractivity contribution < 1.29 is 4.79 Å². The summed E-state index contributed by atoms with van der Waals surface area (Å²) in [6.07, 6.45) is 2.57. The van der Waals surface area contributed by atoms with E-state index in [0.717, 1.165) is 19.3 Å². The minimum absolute atomic E-state index is 0.430. The van der Waals surface area contributed by atoms with E-state index in [4.69, 9.17) is 0 Å². The van der Waals surface area contributed by atoms with Crippen molar-refractivity contribution in [2.45, 2.75) is 39.0 Å². The van der Waals surface area contributed by atoms with E-state index in [2.05, 4.69) is 38.1 Å². The maximum Gasteiger partial charge on any atom is 0.133 e. The zero-order valence-electron chi connectivity index (χ0n) is 9.49. The van der Waals surface area contributed by atoms with Gasteiger partial charge in [0.15, 0.2) is 0 Å². The molecule has 80 valence electrons. The molecule has 2 rings (SSSR count). The molecule has 0 spiro atoms. The van der Waals surface area contributed by atoms with Gasteiger partial charge < -0.3 is 0 Å². The standard InChI is InChI=1S/C14H18O/c1-10-4-3-5-12(8-10)14-9-13(15)7-6-11(14)2/h3-5,8,11,14H,6-7,9H2,1-2H3. The summed E-state index contributed by atoms with van der Waals surface area (Å²) in [7, 11) is 0. The fourth-order valence-corrected chi connectivity index (χ4v) is 2.49. The number of hydrogen-bond donors (Lipinski definition) is 0. The predicted octanol–water partition coefficient (Wildman–Crippen LogP) is 3.47. The van der Waals surface area contributed by atoms with E-state index < -0.39 is 0 Å². The number of hydrogen-bond acceptors (Lipinski definition) is 1. The van der Waals surface area contributed by atoms with Crippen molar-refractivity contribution in [3.05, 3.63) is 35.4 Å². The quantitative estimate of drug-likeness (QED) is 0.681. The van der Waals surface area contributed by atoms with Gasteiger partial charge in [-0.05, 0) is 30.7 Å². The Bertz CT molecular complexity index is 367. The molecule has 0 aliphatic heterocycles. The molecule has 0 radical (unpaired) electrons. The minimum Gasteiger partial charge on any atom is -0.300 e. The zero-order valence-corrected chi connectivity index (χ0v) is 9.49. The molecule has 0 aromatic heterocycles. The van der Waals surface area contributed by atoms with Gasteiger partial charge in [0.1, 0.15) is 5.78 Å². The molecular formula is C14H18O. The van der Waals surface area contributed by atoms with Gasteiger partial charge in [0, 0.05) is 12.8 Å². The molecular weight excluding hydrogens is 184 g/mol.